The van der Waals surface area contributed by atoms with E-state index in [-0.39, 0.29) is 11.8 Å². The fraction of sp³-hybridized carbons (Fsp3) is 1.00. The van der Waals surface area contributed by atoms with Gasteiger partial charge in [-0.1, -0.05) is 13.8 Å². The van der Waals surface area contributed by atoms with Gasteiger partial charge in [0.15, 0.2) is 0 Å². The molecule has 2 aliphatic carbocycles. The topological polar surface area (TPSA) is 58.2 Å². The van der Waals surface area contributed by atoms with Crippen LogP contribution in [0.4, 0.5) is 0 Å². The minimum Gasteiger partial charge on any atom is -0.315 e. The number of rotatable bonds is 10. The van der Waals surface area contributed by atoms with Gasteiger partial charge in [-0.05, 0) is 56.9 Å². The standard InChI is InChI=1S/C14H28N2O2S/c1-11(2)15-9-3-4-10-19(17,18)16-14(12-5-6-12)13-7-8-13/h11-16H,3-10H2,1-2H3. The Morgan fingerprint density at radius 3 is 2.11 bits per heavy atom. The lowest BCUT2D eigenvalue weighted by Gasteiger charge is -2.17. The van der Waals surface area contributed by atoms with E-state index in [9.17, 15) is 8.42 Å². The molecule has 2 rings (SSSR count). The van der Waals surface area contributed by atoms with Crippen molar-refractivity contribution in [2.45, 2.75) is 64.5 Å². The Kier molecular flexibility index (Phi) is 5.26. The average molecular weight is 288 g/mol. The van der Waals surface area contributed by atoms with Crippen molar-refractivity contribution in [2.75, 3.05) is 12.3 Å². The van der Waals surface area contributed by atoms with Crippen LogP contribution in [0.3, 0.4) is 0 Å². The van der Waals surface area contributed by atoms with Gasteiger partial charge < -0.3 is 5.32 Å². The number of hydrogen-bond donors (Lipinski definition) is 2. The fourth-order valence-corrected chi connectivity index (χ4v) is 4.06. The van der Waals surface area contributed by atoms with E-state index >= 15 is 0 Å². The first-order chi connectivity index (χ1) is 8.98. The second-order valence-corrected chi connectivity index (χ2v) is 8.33. The SMILES string of the molecule is CC(C)NCCCCS(=O)(=O)NC(C1CC1)C1CC1. The third-order valence-electron chi connectivity index (χ3n) is 3.97. The number of unbranched alkanes of at least 4 members (excludes halogenated alkanes) is 1. The van der Waals surface area contributed by atoms with Gasteiger partial charge in [-0.3, -0.25) is 0 Å². The van der Waals surface area contributed by atoms with Crippen molar-refractivity contribution < 1.29 is 8.42 Å². The van der Waals surface area contributed by atoms with Crippen molar-refractivity contribution in [3.8, 4) is 0 Å². The van der Waals surface area contributed by atoms with Gasteiger partial charge in [0.2, 0.25) is 10.0 Å². The molecule has 0 aromatic heterocycles. The molecule has 0 unspecified atom stereocenters. The summed E-state index contributed by atoms with van der Waals surface area (Å²) in [5.41, 5.74) is 0. The highest BCUT2D eigenvalue weighted by atomic mass is 32.2. The molecule has 4 nitrogen and oxygen atoms in total. The summed E-state index contributed by atoms with van der Waals surface area (Å²) in [6.45, 7) is 5.12. The molecule has 0 radical (unpaired) electrons. The van der Waals surface area contributed by atoms with Crippen molar-refractivity contribution in [3.05, 3.63) is 0 Å². The van der Waals surface area contributed by atoms with Gasteiger partial charge in [0.25, 0.3) is 0 Å². The summed E-state index contributed by atoms with van der Waals surface area (Å²) in [5.74, 6) is 1.54. The summed E-state index contributed by atoms with van der Waals surface area (Å²) in [7, 11) is -3.07. The van der Waals surface area contributed by atoms with Gasteiger partial charge in [-0.15, -0.1) is 0 Å². The van der Waals surface area contributed by atoms with Crippen LogP contribution in [0.25, 0.3) is 0 Å². The van der Waals surface area contributed by atoms with Crippen molar-refractivity contribution in [2.24, 2.45) is 11.8 Å². The van der Waals surface area contributed by atoms with Crippen LogP contribution < -0.4 is 10.0 Å². The number of nitrogens with one attached hydrogen (secondary N) is 2. The van der Waals surface area contributed by atoms with Gasteiger partial charge in [0.1, 0.15) is 0 Å². The van der Waals surface area contributed by atoms with Crippen molar-refractivity contribution in [1.29, 1.82) is 0 Å². The molecule has 2 N–H and O–H groups in total. The zero-order chi connectivity index (χ0) is 13.9. The highest BCUT2D eigenvalue weighted by molar-refractivity contribution is 7.89. The molecule has 0 aromatic carbocycles. The van der Waals surface area contributed by atoms with E-state index in [1.54, 1.807) is 0 Å². The van der Waals surface area contributed by atoms with Gasteiger partial charge in [0, 0.05) is 12.1 Å². The Morgan fingerprint density at radius 2 is 1.63 bits per heavy atom. The highest BCUT2D eigenvalue weighted by Crippen LogP contribution is 2.44. The zero-order valence-corrected chi connectivity index (χ0v) is 13.0. The summed E-state index contributed by atoms with van der Waals surface area (Å²) in [6.07, 6.45) is 6.52. The lowest BCUT2D eigenvalue weighted by Crippen LogP contribution is -2.39. The molecule has 0 bridgehead atoms. The minimum absolute atomic E-state index is 0.249. The van der Waals surface area contributed by atoms with Crippen LogP contribution in [-0.4, -0.2) is 32.8 Å². The minimum atomic E-state index is -3.07. The summed E-state index contributed by atoms with van der Waals surface area (Å²) >= 11 is 0. The first-order valence-corrected chi connectivity index (χ1v) is 9.36. The highest BCUT2D eigenvalue weighted by Gasteiger charge is 2.43. The lowest BCUT2D eigenvalue weighted by molar-refractivity contribution is 0.470. The Labute approximate surface area is 117 Å². The van der Waals surface area contributed by atoms with E-state index in [4.69, 9.17) is 0 Å². The summed E-state index contributed by atoms with van der Waals surface area (Å²) < 4.78 is 27.1. The van der Waals surface area contributed by atoms with Crippen LogP contribution in [-0.2, 0) is 10.0 Å². The van der Waals surface area contributed by atoms with E-state index in [1.165, 1.54) is 25.7 Å². The van der Waals surface area contributed by atoms with Crippen LogP contribution in [0.5, 0.6) is 0 Å². The van der Waals surface area contributed by atoms with Crippen molar-refractivity contribution >= 4 is 10.0 Å². The fourth-order valence-electron chi connectivity index (χ4n) is 2.56. The Balaban J connectivity index is 1.66. The second-order valence-electron chi connectivity index (χ2n) is 6.45. The van der Waals surface area contributed by atoms with Crippen LogP contribution in [0, 0.1) is 11.8 Å². The molecule has 19 heavy (non-hydrogen) atoms. The molecule has 0 aliphatic heterocycles. The molecule has 2 aliphatic rings. The Morgan fingerprint density at radius 1 is 1.05 bits per heavy atom. The van der Waals surface area contributed by atoms with Gasteiger partial charge in [0.05, 0.1) is 5.75 Å². The molecule has 5 heteroatoms. The van der Waals surface area contributed by atoms with Crippen LogP contribution in [0.1, 0.15) is 52.4 Å². The molecular weight excluding hydrogens is 260 g/mol. The quantitative estimate of drug-likeness (QED) is 0.603. The predicted molar refractivity (Wildman–Crippen MR) is 78.5 cm³/mol. The molecule has 2 fully saturated rings. The van der Waals surface area contributed by atoms with E-state index in [2.05, 4.69) is 23.9 Å². The second kappa shape index (κ2) is 6.55. The molecule has 0 atom stereocenters. The average Bonchev–Trinajstić information content (AvgIpc) is 3.15. The predicted octanol–water partition coefficient (Wildman–Crippen LogP) is 1.87. The smallest absolute Gasteiger partial charge is 0.211 e. The largest absolute Gasteiger partial charge is 0.315 e. The summed E-state index contributed by atoms with van der Waals surface area (Å²) in [6, 6.07) is 0.725. The maximum absolute atomic E-state index is 12.1. The third-order valence-corrected chi connectivity index (χ3v) is 5.43. The van der Waals surface area contributed by atoms with Crippen molar-refractivity contribution in [1.82, 2.24) is 10.0 Å². The first-order valence-electron chi connectivity index (χ1n) is 7.71. The van der Waals surface area contributed by atoms with Crippen molar-refractivity contribution in [3.63, 3.8) is 0 Å². The van der Waals surface area contributed by atoms with E-state index in [1.807, 2.05) is 0 Å². The van der Waals surface area contributed by atoms with E-state index in [0.29, 0.717) is 17.9 Å². The molecule has 0 heterocycles. The number of sulfonamides is 1. The third kappa shape index (κ3) is 5.79. The Hall–Kier alpha value is -0.130. The van der Waals surface area contributed by atoms with Gasteiger partial charge >= 0.3 is 0 Å². The molecule has 0 amide bonds. The van der Waals surface area contributed by atoms with Crippen LogP contribution >= 0.6 is 0 Å². The van der Waals surface area contributed by atoms with E-state index < -0.39 is 10.0 Å². The maximum Gasteiger partial charge on any atom is 0.211 e. The molecule has 112 valence electrons. The zero-order valence-electron chi connectivity index (χ0n) is 12.2. The molecule has 2 saturated carbocycles. The maximum atomic E-state index is 12.1. The first kappa shape index (κ1) is 15.3. The van der Waals surface area contributed by atoms with Gasteiger partial charge in [-0.2, -0.15) is 0 Å². The number of hydrogen-bond acceptors (Lipinski definition) is 3. The normalized spacial score (nSPS) is 20.4. The summed E-state index contributed by atoms with van der Waals surface area (Å²) in [4.78, 5) is 0. The monoisotopic (exact) mass is 288 g/mol. The van der Waals surface area contributed by atoms with Crippen LogP contribution in [0.15, 0.2) is 0 Å². The van der Waals surface area contributed by atoms with Crippen LogP contribution in [0.2, 0.25) is 0 Å². The van der Waals surface area contributed by atoms with E-state index in [0.717, 1.165) is 19.4 Å². The summed E-state index contributed by atoms with van der Waals surface area (Å²) in [5, 5.41) is 3.31. The Bertz CT molecular complexity index is 361. The molecule has 0 saturated heterocycles. The van der Waals surface area contributed by atoms with Gasteiger partial charge in [-0.25, -0.2) is 13.1 Å². The molecular formula is C14H28N2O2S. The molecule has 0 spiro atoms. The lowest BCUT2D eigenvalue weighted by atomic mass is 10.1. The molecule has 0 aromatic rings.